The summed E-state index contributed by atoms with van der Waals surface area (Å²) in [5, 5.41) is 12.8. The van der Waals surface area contributed by atoms with Gasteiger partial charge in [-0.25, -0.2) is 4.79 Å². The molecule has 0 amide bonds. The first-order chi connectivity index (χ1) is 14.7. The lowest BCUT2D eigenvalue weighted by atomic mass is 9.98. The standard InChI is InChI=1S/C26H29NO3/c1-2-3-4-9-18-30-22-16-14-20(15-17-22)19-21-10-5-7-12-24(21)27-25-13-8-6-11-23(25)26(28)29/h5-8,10-17,19,24,27H,2-4,9,18H2,1H3,(H,28,29). The van der Waals surface area contributed by atoms with Gasteiger partial charge in [-0.2, -0.15) is 0 Å². The molecule has 0 bridgehead atoms. The second-order valence-electron chi connectivity index (χ2n) is 7.34. The first-order valence-electron chi connectivity index (χ1n) is 10.6. The van der Waals surface area contributed by atoms with E-state index in [0.717, 1.165) is 29.9 Å². The maximum Gasteiger partial charge on any atom is 0.337 e. The van der Waals surface area contributed by atoms with Crippen LogP contribution in [0.5, 0.6) is 5.75 Å². The second-order valence-corrected chi connectivity index (χ2v) is 7.34. The van der Waals surface area contributed by atoms with Crippen LogP contribution >= 0.6 is 0 Å². The van der Waals surface area contributed by atoms with E-state index < -0.39 is 5.97 Å². The van der Waals surface area contributed by atoms with Crippen molar-refractivity contribution >= 4 is 17.7 Å². The minimum absolute atomic E-state index is 0.106. The number of hydrogen-bond donors (Lipinski definition) is 2. The zero-order chi connectivity index (χ0) is 21.2. The number of ether oxygens (including phenoxy) is 1. The van der Waals surface area contributed by atoms with Crippen molar-refractivity contribution in [3.05, 3.63) is 89.5 Å². The van der Waals surface area contributed by atoms with Crippen molar-refractivity contribution in [1.29, 1.82) is 0 Å². The Morgan fingerprint density at radius 3 is 2.63 bits per heavy atom. The summed E-state index contributed by atoms with van der Waals surface area (Å²) in [6, 6.07) is 14.9. The largest absolute Gasteiger partial charge is 0.494 e. The van der Waals surface area contributed by atoms with Gasteiger partial charge in [-0.1, -0.05) is 74.8 Å². The minimum Gasteiger partial charge on any atom is -0.494 e. The Hall–Kier alpha value is -3.27. The van der Waals surface area contributed by atoms with E-state index in [4.69, 9.17) is 4.74 Å². The Balaban J connectivity index is 1.67. The van der Waals surface area contributed by atoms with Crippen LogP contribution in [0.1, 0.15) is 48.5 Å². The molecule has 0 spiro atoms. The highest BCUT2D eigenvalue weighted by Crippen LogP contribution is 2.24. The third kappa shape index (κ3) is 6.11. The summed E-state index contributed by atoms with van der Waals surface area (Å²) < 4.78 is 5.82. The zero-order valence-electron chi connectivity index (χ0n) is 17.4. The smallest absolute Gasteiger partial charge is 0.337 e. The average Bonchev–Trinajstić information content (AvgIpc) is 2.76. The van der Waals surface area contributed by atoms with Crippen molar-refractivity contribution in [3.63, 3.8) is 0 Å². The van der Waals surface area contributed by atoms with Crippen LogP contribution in [0.3, 0.4) is 0 Å². The predicted octanol–water partition coefficient (Wildman–Crippen LogP) is 6.33. The third-order valence-corrected chi connectivity index (χ3v) is 5.01. The topological polar surface area (TPSA) is 58.6 Å². The second kappa shape index (κ2) is 11.1. The molecule has 2 aromatic rings. The molecule has 30 heavy (non-hydrogen) atoms. The average molecular weight is 404 g/mol. The Kier molecular flexibility index (Phi) is 7.90. The van der Waals surface area contributed by atoms with Crippen LogP contribution < -0.4 is 10.1 Å². The molecule has 1 unspecified atom stereocenters. The summed E-state index contributed by atoms with van der Waals surface area (Å²) in [6.45, 7) is 2.96. The number of rotatable bonds is 10. The number of anilines is 1. The van der Waals surface area contributed by atoms with Crippen molar-refractivity contribution in [2.45, 2.75) is 38.6 Å². The molecule has 0 aliphatic heterocycles. The van der Waals surface area contributed by atoms with Crippen molar-refractivity contribution in [2.75, 3.05) is 11.9 Å². The molecule has 2 N–H and O–H groups in total. The van der Waals surface area contributed by atoms with Crippen LogP contribution in [0.4, 0.5) is 5.69 Å². The van der Waals surface area contributed by atoms with E-state index >= 15 is 0 Å². The molecular weight excluding hydrogens is 374 g/mol. The van der Waals surface area contributed by atoms with E-state index in [1.54, 1.807) is 18.2 Å². The van der Waals surface area contributed by atoms with Gasteiger partial charge in [-0.3, -0.25) is 0 Å². The van der Waals surface area contributed by atoms with E-state index in [1.807, 2.05) is 54.6 Å². The van der Waals surface area contributed by atoms with Gasteiger partial charge in [0.1, 0.15) is 5.75 Å². The van der Waals surface area contributed by atoms with Gasteiger partial charge in [-0.15, -0.1) is 0 Å². The SMILES string of the molecule is CCCCCCOc1ccc(C=C2C=CC=CC2Nc2ccccc2C(=O)O)cc1. The Morgan fingerprint density at radius 2 is 1.87 bits per heavy atom. The van der Waals surface area contributed by atoms with Gasteiger partial charge in [0.2, 0.25) is 0 Å². The highest BCUT2D eigenvalue weighted by atomic mass is 16.5. The van der Waals surface area contributed by atoms with Crippen molar-refractivity contribution in [2.24, 2.45) is 0 Å². The van der Waals surface area contributed by atoms with Gasteiger partial charge in [-0.05, 0) is 47.9 Å². The molecule has 156 valence electrons. The van der Waals surface area contributed by atoms with E-state index in [2.05, 4.69) is 18.3 Å². The van der Waals surface area contributed by atoms with E-state index in [1.165, 1.54) is 19.3 Å². The summed E-state index contributed by atoms with van der Waals surface area (Å²) in [5.74, 6) is -0.0537. The van der Waals surface area contributed by atoms with Crippen LogP contribution in [0.2, 0.25) is 0 Å². The number of allylic oxidation sites excluding steroid dienone is 2. The highest BCUT2D eigenvalue weighted by molar-refractivity contribution is 5.94. The van der Waals surface area contributed by atoms with Crippen LogP contribution in [0, 0.1) is 0 Å². The van der Waals surface area contributed by atoms with Crippen LogP contribution in [-0.4, -0.2) is 23.7 Å². The van der Waals surface area contributed by atoms with Crippen molar-refractivity contribution in [3.8, 4) is 5.75 Å². The Morgan fingerprint density at radius 1 is 1.07 bits per heavy atom. The van der Waals surface area contributed by atoms with Crippen LogP contribution in [-0.2, 0) is 0 Å². The third-order valence-electron chi connectivity index (χ3n) is 5.01. The Labute approximate surface area is 178 Å². The fourth-order valence-electron chi connectivity index (χ4n) is 3.36. The molecule has 4 heteroatoms. The maximum absolute atomic E-state index is 11.5. The predicted molar refractivity (Wildman–Crippen MR) is 123 cm³/mol. The normalized spacial score (nSPS) is 16.6. The summed E-state index contributed by atoms with van der Waals surface area (Å²) in [4.78, 5) is 11.5. The lowest BCUT2D eigenvalue weighted by Crippen LogP contribution is -2.21. The summed E-state index contributed by atoms with van der Waals surface area (Å²) in [5.41, 5.74) is 3.00. The first kappa shape index (κ1) is 21.4. The molecular formula is C26H29NO3. The molecule has 1 aliphatic carbocycles. The quantitative estimate of drug-likeness (QED) is 0.455. The molecule has 3 rings (SSSR count). The molecule has 0 heterocycles. The van der Waals surface area contributed by atoms with E-state index in [-0.39, 0.29) is 11.6 Å². The van der Waals surface area contributed by atoms with Crippen LogP contribution in [0.25, 0.3) is 6.08 Å². The molecule has 2 aromatic carbocycles. The van der Waals surface area contributed by atoms with Gasteiger partial charge < -0.3 is 15.2 Å². The number of hydrogen-bond acceptors (Lipinski definition) is 3. The molecule has 0 aromatic heterocycles. The number of carbonyl (C=O) groups is 1. The molecule has 0 radical (unpaired) electrons. The van der Waals surface area contributed by atoms with Gasteiger partial charge >= 0.3 is 5.97 Å². The number of aromatic carboxylic acids is 1. The summed E-state index contributed by atoms with van der Waals surface area (Å²) >= 11 is 0. The fraction of sp³-hybridized carbons (Fsp3) is 0.269. The van der Waals surface area contributed by atoms with Crippen LogP contribution in [0.15, 0.2) is 78.4 Å². The van der Waals surface area contributed by atoms with E-state index in [0.29, 0.717) is 5.69 Å². The number of benzene rings is 2. The lowest BCUT2D eigenvalue weighted by Gasteiger charge is -2.21. The Bertz CT molecular complexity index is 926. The van der Waals surface area contributed by atoms with Gasteiger partial charge in [0.25, 0.3) is 0 Å². The molecule has 1 atom stereocenters. The molecule has 0 saturated carbocycles. The zero-order valence-corrected chi connectivity index (χ0v) is 17.4. The first-order valence-corrected chi connectivity index (χ1v) is 10.6. The highest BCUT2D eigenvalue weighted by Gasteiger charge is 2.15. The molecule has 0 fully saturated rings. The summed E-state index contributed by atoms with van der Waals surface area (Å²) in [6.07, 6.45) is 14.9. The number of unbranched alkanes of at least 4 members (excludes halogenated alkanes) is 3. The molecule has 4 nitrogen and oxygen atoms in total. The van der Waals surface area contributed by atoms with Gasteiger partial charge in [0, 0.05) is 5.69 Å². The number of nitrogens with one attached hydrogen (secondary N) is 1. The van der Waals surface area contributed by atoms with E-state index in [9.17, 15) is 9.90 Å². The number of carboxylic acids is 1. The lowest BCUT2D eigenvalue weighted by molar-refractivity contribution is 0.0698. The van der Waals surface area contributed by atoms with Gasteiger partial charge in [0.05, 0.1) is 18.2 Å². The monoisotopic (exact) mass is 403 g/mol. The number of carboxylic acid groups (broad SMARTS) is 1. The molecule has 1 aliphatic rings. The van der Waals surface area contributed by atoms with Crippen molar-refractivity contribution in [1.82, 2.24) is 0 Å². The molecule has 0 saturated heterocycles. The number of para-hydroxylation sites is 1. The van der Waals surface area contributed by atoms with Crippen molar-refractivity contribution < 1.29 is 14.6 Å². The van der Waals surface area contributed by atoms with Gasteiger partial charge in [0.15, 0.2) is 0 Å². The fourth-order valence-corrected chi connectivity index (χ4v) is 3.36. The minimum atomic E-state index is -0.941. The maximum atomic E-state index is 11.5. The summed E-state index contributed by atoms with van der Waals surface area (Å²) in [7, 11) is 0.